The van der Waals surface area contributed by atoms with Crippen LogP contribution in [0.1, 0.15) is 6.92 Å². The van der Waals surface area contributed by atoms with E-state index < -0.39 is 0 Å². The van der Waals surface area contributed by atoms with Gasteiger partial charge in [-0.2, -0.15) is 0 Å². The van der Waals surface area contributed by atoms with E-state index in [0.717, 1.165) is 11.0 Å². The van der Waals surface area contributed by atoms with Gasteiger partial charge in [-0.15, -0.1) is 0 Å². The standard InChI is InChI=1S/C20H20N.ClH/c1-2-21(18-12-6-3-7-13-18,19-14-8-4-9-15-19)20-16-10-5-11-17-20;/h3-17H,2H2,1H3;1H/q+1;/p-1. The second kappa shape index (κ2) is 7.26. The van der Waals surface area contributed by atoms with Crippen LogP contribution in [0.15, 0.2) is 91.0 Å². The van der Waals surface area contributed by atoms with Crippen molar-refractivity contribution >= 4 is 17.1 Å². The van der Waals surface area contributed by atoms with Crippen LogP contribution in [0.2, 0.25) is 0 Å². The summed E-state index contributed by atoms with van der Waals surface area (Å²) in [7, 11) is 0. The highest BCUT2D eigenvalue weighted by Gasteiger charge is 2.33. The zero-order valence-electron chi connectivity index (χ0n) is 12.7. The molecule has 22 heavy (non-hydrogen) atoms. The molecule has 3 aromatic rings. The first-order valence-electron chi connectivity index (χ1n) is 7.43. The fourth-order valence-electron chi connectivity index (χ4n) is 3.04. The van der Waals surface area contributed by atoms with Crippen molar-refractivity contribution in [1.29, 1.82) is 0 Å². The molecule has 3 rings (SSSR count). The molecule has 0 unspecified atom stereocenters. The molecule has 0 spiro atoms. The second-order valence-electron chi connectivity index (χ2n) is 5.13. The Kier molecular flexibility index (Phi) is 5.37. The maximum absolute atomic E-state index is 2.24. The quantitative estimate of drug-likeness (QED) is 0.650. The molecule has 0 amide bonds. The van der Waals surface area contributed by atoms with Crippen LogP contribution in [0, 0.1) is 0 Å². The molecule has 0 aliphatic carbocycles. The van der Waals surface area contributed by atoms with Gasteiger partial charge >= 0.3 is 0 Å². The Labute approximate surface area is 138 Å². The van der Waals surface area contributed by atoms with E-state index in [4.69, 9.17) is 0 Å². The minimum atomic E-state index is 0. The molecule has 0 aliphatic heterocycles. The molecule has 0 bridgehead atoms. The molecular formula is C20H20ClN. The van der Waals surface area contributed by atoms with E-state index in [9.17, 15) is 0 Å². The van der Waals surface area contributed by atoms with Crippen LogP contribution < -0.4 is 16.9 Å². The van der Waals surface area contributed by atoms with Crippen LogP contribution in [0.5, 0.6) is 0 Å². The highest BCUT2D eigenvalue weighted by molar-refractivity contribution is 5.70. The van der Waals surface area contributed by atoms with Gasteiger partial charge in [0.25, 0.3) is 0 Å². The lowest BCUT2D eigenvalue weighted by atomic mass is 10.1. The largest absolute Gasteiger partial charge is 1.00 e. The predicted molar refractivity (Wildman–Crippen MR) is 91.0 cm³/mol. The highest BCUT2D eigenvalue weighted by atomic mass is 35.5. The summed E-state index contributed by atoms with van der Waals surface area (Å²) >= 11 is 0. The third-order valence-corrected chi connectivity index (χ3v) is 4.07. The number of benzene rings is 3. The maximum Gasteiger partial charge on any atom is 0.143 e. The number of halogens is 1. The number of hydrogen-bond acceptors (Lipinski definition) is 0. The lowest BCUT2D eigenvalue weighted by Gasteiger charge is -2.36. The smallest absolute Gasteiger partial charge is 0.143 e. The van der Waals surface area contributed by atoms with Gasteiger partial charge in [-0.1, -0.05) is 54.6 Å². The van der Waals surface area contributed by atoms with Crippen LogP contribution in [0.3, 0.4) is 0 Å². The molecular weight excluding hydrogens is 290 g/mol. The molecule has 0 saturated heterocycles. The van der Waals surface area contributed by atoms with Gasteiger partial charge in [-0.05, 0) is 43.3 Å². The third-order valence-electron chi connectivity index (χ3n) is 4.07. The molecule has 0 atom stereocenters. The van der Waals surface area contributed by atoms with Crippen molar-refractivity contribution < 1.29 is 12.4 Å². The van der Waals surface area contributed by atoms with Gasteiger partial charge in [0.1, 0.15) is 17.1 Å². The molecule has 0 aromatic heterocycles. The maximum atomic E-state index is 2.24. The van der Waals surface area contributed by atoms with E-state index in [-0.39, 0.29) is 12.4 Å². The van der Waals surface area contributed by atoms with Gasteiger partial charge in [0.2, 0.25) is 0 Å². The molecule has 0 aliphatic rings. The number of nitrogens with zero attached hydrogens (tertiary/aromatic N) is 1. The highest BCUT2D eigenvalue weighted by Crippen LogP contribution is 2.42. The van der Waals surface area contributed by atoms with Crippen LogP contribution in [0.4, 0.5) is 17.1 Å². The minimum Gasteiger partial charge on any atom is -1.00 e. The molecule has 2 heteroatoms. The summed E-state index contributed by atoms with van der Waals surface area (Å²) in [6.07, 6.45) is 0. The molecule has 0 N–H and O–H groups in total. The molecule has 1 nitrogen and oxygen atoms in total. The fraction of sp³-hybridized carbons (Fsp3) is 0.100. The van der Waals surface area contributed by atoms with Crippen LogP contribution in [-0.4, -0.2) is 6.54 Å². The SMILES string of the molecule is CC[N+](c1ccccc1)(c1ccccc1)c1ccccc1.[Cl-]. The Balaban J connectivity index is 0.00000176. The van der Waals surface area contributed by atoms with Crippen molar-refractivity contribution in [3.05, 3.63) is 91.0 Å². The summed E-state index contributed by atoms with van der Waals surface area (Å²) in [4.78, 5) is 0. The average molecular weight is 310 g/mol. The normalized spacial score (nSPS) is 10.8. The van der Waals surface area contributed by atoms with Gasteiger partial charge in [0.05, 0.1) is 6.54 Å². The van der Waals surface area contributed by atoms with Crippen molar-refractivity contribution in [3.8, 4) is 0 Å². The number of quaternary nitrogens is 1. The van der Waals surface area contributed by atoms with Gasteiger partial charge in [0.15, 0.2) is 0 Å². The monoisotopic (exact) mass is 309 g/mol. The van der Waals surface area contributed by atoms with E-state index in [1.807, 2.05) is 0 Å². The average Bonchev–Trinajstić information content (AvgIpc) is 2.59. The molecule has 0 heterocycles. The Morgan fingerprint density at radius 2 is 0.818 bits per heavy atom. The first-order chi connectivity index (χ1) is 10.4. The first kappa shape index (κ1) is 16.3. The summed E-state index contributed by atoms with van der Waals surface area (Å²) < 4.78 is 0.739. The van der Waals surface area contributed by atoms with Crippen molar-refractivity contribution in [3.63, 3.8) is 0 Å². The summed E-state index contributed by atoms with van der Waals surface area (Å²) in [5.74, 6) is 0. The lowest BCUT2D eigenvalue weighted by molar-refractivity contribution is -0.00000416. The fourth-order valence-corrected chi connectivity index (χ4v) is 3.04. The third kappa shape index (κ3) is 2.78. The van der Waals surface area contributed by atoms with Crippen LogP contribution in [-0.2, 0) is 0 Å². The number of hydrogen-bond donors (Lipinski definition) is 0. The molecule has 0 fully saturated rings. The van der Waals surface area contributed by atoms with Gasteiger partial charge < -0.3 is 12.4 Å². The summed E-state index contributed by atoms with van der Waals surface area (Å²) in [5.41, 5.74) is 3.87. The molecule has 3 aromatic carbocycles. The Morgan fingerprint density at radius 3 is 1.05 bits per heavy atom. The Bertz CT molecular complexity index is 584. The predicted octanol–water partition coefficient (Wildman–Crippen LogP) is 2.68. The number of rotatable bonds is 4. The molecule has 0 radical (unpaired) electrons. The van der Waals surface area contributed by atoms with E-state index in [1.54, 1.807) is 0 Å². The summed E-state index contributed by atoms with van der Waals surface area (Å²) in [5, 5.41) is 0. The van der Waals surface area contributed by atoms with E-state index >= 15 is 0 Å². The number of para-hydroxylation sites is 3. The lowest BCUT2D eigenvalue weighted by Crippen LogP contribution is -3.00. The Hall–Kier alpha value is -2.09. The summed E-state index contributed by atoms with van der Waals surface area (Å²) in [6, 6.07) is 32.2. The van der Waals surface area contributed by atoms with E-state index in [0.29, 0.717) is 0 Å². The Morgan fingerprint density at radius 1 is 0.545 bits per heavy atom. The van der Waals surface area contributed by atoms with Crippen LogP contribution >= 0.6 is 0 Å². The van der Waals surface area contributed by atoms with Crippen molar-refractivity contribution in [2.45, 2.75) is 6.92 Å². The minimum absolute atomic E-state index is 0. The summed E-state index contributed by atoms with van der Waals surface area (Å²) in [6.45, 7) is 3.21. The van der Waals surface area contributed by atoms with Crippen LogP contribution in [0.25, 0.3) is 0 Å². The van der Waals surface area contributed by atoms with Gasteiger partial charge in [-0.25, -0.2) is 4.48 Å². The first-order valence-corrected chi connectivity index (χ1v) is 7.43. The zero-order valence-corrected chi connectivity index (χ0v) is 13.4. The van der Waals surface area contributed by atoms with E-state index in [2.05, 4.69) is 97.9 Å². The van der Waals surface area contributed by atoms with Gasteiger partial charge in [-0.3, -0.25) is 0 Å². The zero-order chi connectivity index (χ0) is 14.5. The van der Waals surface area contributed by atoms with E-state index in [1.165, 1.54) is 17.1 Å². The van der Waals surface area contributed by atoms with Crippen molar-refractivity contribution in [2.24, 2.45) is 0 Å². The van der Waals surface area contributed by atoms with Crippen molar-refractivity contribution in [2.75, 3.05) is 6.54 Å². The topological polar surface area (TPSA) is 0 Å². The molecule has 0 saturated carbocycles. The second-order valence-corrected chi connectivity index (χ2v) is 5.13. The molecule has 112 valence electrons. The van der Waals surface area contributed by atoms with Gasteiger partial charge in [0, 0.05) is 0 Å². The van der Waals surface area contributed by atoms with Crippen molar-refractivity contribution in [1.82, 2.24) is 4.48 Å².